The summed E-state index contributed by atoms with van der Waals surface area (Å²) in [6.07, 6.45) is -3.74. The first-order valence-electron chi connectivity index (χ1n) is 6.57. The zero-order valence-corrected chi connectivity index (χ0v) is 11.6. The van der Waals surface area contributed by atoms with Crippen LogP contribution >= 0.6 is 0 Å². The van der Waals surface area contributed by atoms with Crippen LogP contribution in [0.2, 0.25) is 0 Å². The van der Waals surface area contributed by atoms with E-state index in [1.807, 2.05) is 6.92 Å². The van der Waals surface area contributed by atoms with Crippen molar-refractivity contribution in [2.75, 3.05) is 19.8 Å². The molecule has 0 aliphatic carbocycles. The fraction of sp³-hybridized carbons (Fsp3) is 0.571. The van der Waals surface area contributed by atoms with Crippen LogP contribution in [0.15, 0.2) is 18.2 Å². The molecule has 0 heterocycles. The molecule has 0 spiro atoms. The molecule has 6 heteroatoms. The van der Waals surface area contributed by atoms with E-state index < -0.39 is 23.6 Å². The first-order chi connectivity index (χ1) is 9.40. The van der Waals surface area contributed by atoms with Crippen LogP contribution in [0.3, 0.4) is 0 Å². The molecule has 0 aliphatic heterocycles. The van der Waals surface area contributed by atoms with E-state index >= 15 is 0 Å². The zero-order chi connectivity index (χ0) is 15.2. The van der Waals surface area contributed by atoms with Crippen molar-refractivity contribution in [2.24, 2.45) is 0 Å². The van der Waals surface area contributed by atoms with E-state index in [-0.39, 0.29) is 12.2 Å². The lowest BCUT2D eigenvalue weighted by Crippen LogP contribution is -2.28. The third-order valence-electron chi connectivity index (χ3n) is 2.78. The SMILES string of the molecule is CCCOCC(NCC)c1cc(F)ccc1C(F)(F)F. The quantitative estimate of drug-likeness (QED) is 0.607. The zero-order valence-electron chi connectivity index (χ0n) is 11.6. The first-order valence-corrected chi connectivity index (χ1v) is 6.57. The molecular formula is C14H19F4NO. The molecule has 1 aromatic carbocycles. The van der Waals surface area contributed by atoms with Crippen LogP contribution in [0.5, 0.6) is 0 Å². The molecule has 1 atom stereocenters. The van der Waals surface area contributed by atoms with Gasteiger partial charge in [-0.25, -0.2) is 4.39 Å². The van der Waals surface area contributed by atoms with Gasteiger partial charge in [0.25, 0.3) is 0 Å². The summed E-state index contributed by atoms with van der Waals surface area (Å²) in [5.41, 5.74) is -0.944. The molecule has 1 rings (SSSR count). The lowest BCUT2D eigenvalue weighted by molar-refractivity contribution is -0.138. The van der Waals surface area contributed by atoms with Gasteiger partial charge in [0.05, 0.1) is 18.2 Å². The minimum atomic E-state index is -4.51. The summed E-state index contributed by atoms with van der Waals surface area (Å²) in [6, 6.07) is 1.83. The molecule has 0 amide bonds. The normalized spacial score (nSPS) is 13.5. The Morgan fingerprint density at radius 1 is 1.25 bits per heavy atom. The number of hydrogen-bond acceptors (Lipinski definition) is 2. The van der Waals surface area contributed by atoms with Gasteiger partial charge in [0.1, 0.15) is 5.82 Å². The fourth-order valence-corrected chi connectivity index (χ4v) is 1.93. The Kier molecular flexibility index (Phi) is 6.42. The second-order valence-corrected chi connectivity index (χ2v) is 4.41. The molecule has 0 aromatic heterocycles. The Morgan fingerprint density at radius 3 is 2.50 bits per heavy atom. The molecule has 0 bridgehead atoms. The van der Waals surface area contributed by atoms with Crippen molar-refractivity contribution in [3.8, 4) is 0 Å². The Morgan fingerprint density at radius 2 is 1.95 bits per heavy atom. The van der Waals surface area contributed by atoms with Gasteiger partial charge in [-0.15, -0.1) is 0 Å². The Labute approximate surface area is 116 Å². The summed E-state index contributed by atoms with van der Waals surface area (Å²) in [5, 5.41) is 2.91. The van der Waals surface area contributed by atoms with E-state index in [2.05, 4.69) is 5.32 Å². The molecule has 20 heavy (non-hydrogen) atoms. The molecule has 1 N–H and O–H groups in total. The first kappa shape index (κ1) is 16.9. The Bertz CT molecular complexity index is 420. The topological polar surface area (TPSA) is 21.3 Å². The number of rotatable bonds is 7. The van der Waals surface area contributed by atoms with Gasteiger partial charge in [-0.05, 0) is 36.7 Å². The highest BCUT2D eigenvalue weighted by Crippen LogP contribution is 2.35. The predicted molar refractivity (Wildman–Crippen MR) is 68.9 cm³/mol. The number of nitrogens with one attached hydrogen (secondary N) is 1. The van der Waals surface area contributed by atoms with Gasteiger partial charge < -0.3 is 10.1 Å². The van der Waals surface area contributed by atoms with E-state index in [1.165, 1.54) is 0 Å². The largest absolute Gasteiger partial charge is 0.416 e. The number of likely N-dealkylation sites (N-methyl/N-ethyl adjacent to an activating group) is 1. The molecule has 1 unspecified atom stereocenters. The molecule has 0 saturated heterocycles. The van der Waals surface area contributed by atoms with Crippen LogP contribution in [0.4, 0.5) is 17.6 Å². The monoisotopic (exact) mass is 293 g/mol. The number of alkyl halides is 3. The Balaban J connectivity index is 3.07. The van der Waals surface area contributed by atoms with Crippen LogP contribution in [-0.2, 0) is 10.9 Å². The van der Waals surface area contributed by atoms with Gasteiger partial charge in [0.2, 0.25) is 0 Å². The summed E-state index contributed by atoms with van der Waals surface area (Å²) < 4.78 is 57.5. The van der Waals surface area contributed by atoms with E-state index in [0.717, 1.165) is 24.6 Å². The molecule has 0 saturated carbocycles. The van der Waals surface area contributed by atoms with Crippen LogP contribution in [0, 0.1) is 5.82 Å². The van der Waals surface area contributed by atoms with Gasteiger partial charge in [-0.1, -0.05) is 13.8 Å². The lowest BCUT2D eigenvalue weighted by Gasteiger charge is -2.22. The van der Waals surface area contributed by atoms with Crippen molar-refractivity contribution in [2.45, 2.75) is 32.5 Å². The average molecular weight is 293 g/mol. The third-order valence-corrected chi connectivity index (χ3v) is 2.78. The maximum atomic E-state index is 13.3. The second-order valence-electron chi connectivity index (χ2n) is 4.41. The molecule has 1 aromatic rings. The predicted octanol–water partition coefficient (Wildman–Crippen LogP) is 3.92. The van der Waals surface area contributed by atoms with Gasteiger partial charge >= 0.3 is 6.18 Å². The standard InChI is InChI=1S/C14H19F4NO/c1-3-7-20-9-13(19-4-2)11-8-10(15)5-6-12(11)14(16,17)18/h5-6,8,13,19H,3-4,7,9H2,1-2H3. The van der Waals surface area contributed by atoms with Crippen LogP contribution in [-0.4, -0.2) is 19.8 Å². The second kappa shape index (κ2) is 7.59. The molecule has 0 radical (unpaired) electrons. The van der Waals surface area contributed by atoms with Gasteiger partial charge in [-0.3, -0.25) is 0 Å². The highest BCUT2D eigenvalue weighted by atomic mass is 19.4. The number of ether oxygens (including phenoxy) is 1. The smallest absolute Gasteiger partial charge is 0.379 e. The number of hydrogen-bond donors (Lipinski definition) is 1. The fourth-order valence-electron chi connectivity index (χ4n) is 1.93. The van der Waals surface area contributed by atoms with Crippen LogP contribution in [0.25, 0.3) is 0 Å². The van der Waals surface area contributed by atoms with E-state index in [0.29, 0.717) is 13.2 Å². The molecule has 114 valence electrons. The van der Waals surface area contributed by atoms with Crippen molar-refractivity contribution in [1.82, 2.24) is 5.32 Å². The maximum Gasteiger partial charge on any atom is 0.416 e. The van der Waals surface area contributed by atoms with Crippen LogP contribution < -0.4 is 5.32 Å². The summed E-state index contributed by atoms with van der Waals surface area (Å²) in [7, 11) is 0. The van der Waals surface area contributed by atoms with Gasteiger partial charge in [0, 0.05) is 6.61 Å². The summed E-state index contributed by atoms with van der Waals surface area (Å²) in [4.78, 5) is 0. The van der Waals surface area contributed by atoms with Gasteiger partial charge in [0.15, 0.2) is 0 Å². The third kappa shape index (κ3) is 4.76. The van der Waals surface area contributed by atoms with E-state index in [9.17, 15) is 17.6 Å². The molecule has 0 fully saturated rings. The van der Waals surface area contributed by atoms with Gasteiger partial charge in [-0.2, -0.15) is 13.2 Å². The minimum absolute atomic E-state index is 0.0776. The average Bonchev–Trinajstić information content (AvgIpc) is 2.36. The molecular weight excluding hydrogens is 274 g/mol. The molecule has 0 aliphatic rings. The van der Waals surface area contributed by atoms with E-state index in [1.54, 1.807) is 6.92 Å². The highest BCUT2D eigenvalue weighted by Gasteiger charge is 2.35. The number of benzene rings is 1. The summed E-state index contributed by atoms with van der Waals surface area (Å²) >= 11 is 0. The highest BCUT2D eigenvalue weighted by molar-refractivity contribution is 5.33. The lowest BCUT2D eigenvalue weighted by atomic mass is 10.00. The van der Waals surface area contributed by atoms with Crippen molar-refractivity contribution in [3.05, 3.63) is 35.1 Å². The maximum absolute atomic E-state index is 13.3. The minimum Gasteiger partial charge on any atom is -0.379 e. The summed E-state index contributed by atoms with van der Waals surface area (Å²) in [6.45, 7) is 4.69. The van der Waals surface area contributed by atoms with Crippen LogP contribution in [0.1, 0.15) is 37.4 Å². The van der Waals surface area contributed by atoms with E-state index in [4.69, 9.17) is 4.74 Å². The number of halogens is 4. The van der Waals surface area contributed by atoms with Crippen molar-refractivity contribution < 1.29 is 22.3 Å². The van der Waals surface area contributed by atoms with Crippen molar-refractivity contribution >= 4 is 0 Å². The summed E-state index contributed by atoms with van der Waals surface area (Å²) in [5.74, 6) is -0.689. The molecule has 2 nitrogen and oxygen atoms in total. The van der Waals surface area contributed by atoms with Crippen molar-refractivity contribution in [1.29, 1.82) is 0 Å². The van der Waals surface area contributed by atoms with Crippen molar-refractivity contribution in [3.63, 3.8) is 0 Å². The Hall–Kier alpha value is -1.14.